The van der Waals surface area contributed by atoms with Crippen LogP contribution in [0.2, 0.25) is 0 Å². The molecule has 256 valence electrons. The number of rotatable bonds is 11. The SMILES string of the molecule is O=C(Oc1ccc([C@H](CNCCc2cccc(CN3CCC(c4ccccc4)CC3)c2)OC(=O)C(F)(F)F)c2sc(=O)[nH]c12)C(F)(F)F. The number of piperidine rings is 1. The zero-order chi connectivity index (χ0) is 34.5. The van der Waals surface area contributed by atoms with Crippen molar-refractivity contribution in [1.29, 1.82) is 0 Å². The number of alkyl halides is 6. The number of halogens is 6. The van der Waals surface area contributed by atoms with Crippen molar-refractivity contribution in [3.63, 3.8) is 0 Å². The van der Waals surface area contributed by atoms with Crippen LogP contribution >= 0.6 is 11.3 Å². The molecule has 0 saturated carbocycles. The molecule has 1 fully saturated rings. The van der Waals surface area contributed by atoms with Crippen molar-refractivity contribution in [3.05, 3.63) is 98.7 Å². The molecule has 0 unspecified atom stereocenters. The Hall–Kier alpha value is -4.21. The highest BCUT2D eigenvalue weighted by Crippen LogP contribution is 2.35. The number of benzene rings is 3. The van der Waals surface area contributed by atoms with Crippen LogP contribution in [0.3, 0.4) is 0 Å². The highest BCUT2D eigenvalue weighted by molar-refractivity contribution is 7.16. The minimum absolute atomic E-state index is 0.0942. The second kappa shape index (κ2) is 14.9. The molecule has 0 bridgehead atoms. The Balaban J connectivity index is 1.22. The summed E-state index contributed by atoms with van der Waals surface area (Å²) in [5.74, 6) is -5.16. The quantitative estimate of drug-likeness (QED) is 0.0810. The smallest absolute Gasteiger partial charge is 0.449 e. The maximum atomic E-state index is 13.2. The normalized spacial score (nSPS) is 15.4. The fourth-order valence-electron chi connectivity index (χ4n) is 5.69. The molecule has 1 aromatic heterocycles. The molecule has 3 aromatic carbocycles. The van der Waals surface area contributed by atoms with Crippen LogP contribution in [0, 0.1) is 0 Å². The van der Waals surface area contributed by atoms with Crippen molar-refractivity contribution in [3.8, 4) is 5.75 Å². The molecule has 1 atom stereocenters. The van der Waals surface area contributed by atoms with Gasteiger partial charge in [-0.25, -0.2) is 9.59 Å². The van der Waals surface area contributed by atoms with Gasteiger partial charge < -0.3 is 19.8 Å². The van der Waals surface area contributed by atoms with Gasteiger partial charge in [-0.1, -0.05) is 65.9 Å². The average Bonchev–Trinajstić information content (AvgIpc) is 3.44. The van der Waals surface area contributed by atoms with Crippen molar-refractivity contribution >= 4 is 33.5 Å². The number of carbonyl (C=O) groups excluding carboxylic acids is 2. The van der Waals surface area contributed by atoms with E-state index in [1.807, 2.05) is 24.3 Å². The fraction of sp³-hybridized carbons (Fsp3) is 0.364. The number of H-pyrrole nitrogens is 1. The summed E-state index contributed by atoms with van der Waals surface area (Å²) in [6, 6.07) is 20.4. The van der Waals surface area contributed by atoms with Crippen molar-refractivity contribution in [1.82, 2.24) is 15.2 Å². The number of ether oxygens (including phenoxy) is 2. The first-order chi connectivity index (χ1) is 22.8. The Morgan fingerprint density at radius 2 is 1.60 bits per heavy atom. The van der Waals surface area contributed by atoms with Crippen molar-refractivity contribution in [2.45, 2.75) is 50.2 Å². The first-order valence-electron chi connectivity index (χ1n) is 15.1. The number of fused-ring (bicyclic) bond motifs is 1. The lowest BCUT2D eigenvalue weighted by atomic mass is 9.89. The van der Waals surface area contributed by atoms with Crippen LogP contribution in [0.4, 0.5) is 26.3 Å². The standard InChI is InChI=1S/C33H31F6N3O5S/c34-32(35,36)29(43)46-25-10-9-24(28-27(25)41-31(45)48-28)26(47-30(44)33(37,38)39)18-40-14-11-20-5-4-6-21(17-20)19-42-15-12-23(13-16-42)22-7-2-1-3-8-22/h1-10,17,23,26,40H,11-16,18-19H2,(H,41,45)/t26-/m0/s1. The molecule has 4 aromatic rings. The summed E-state index contributed by atoms with van der Waals surface area (Å²) >= 11 is 0.453. The maximum Gasteiger partial charge on any atom is 0.491 e. The van der Waals surface area contributed by atoms with Gasteiger partial charge in [0.2, 0.25) is 0 Å². The van der Waals surface area contributed by atoms with Gasteiger partial charge in [-0.2, -0.15) is 26.3 Å². The van der Waals surface area contributed by atoms with E-state index < -0.39 is 41.0 Å². The number of thiazole rings is 1. The molecule has 8 nitrogen and oxygen atoms in total. The van der Waals surface area contributed by atoms with E-state index in [-0.39, 0.29) is 28.9 Å². The van der Waals surface area contributed by atoms with Crippen LogP contribution in [-0.2, 0) is 27.3 Å². The van der Waals surface area contributed by atoms with Gasteiger partial charge in [0.25, 0.3) is 0 Å². The van der Waals surface area contributed by atoms with Crippen LogP contribution < -0.4 is 14.9 Å². The zero-order valence-electron chi connectivity index (χ0n) is 25.3. The predicted octanol–water partition coefficient (Wildman–Crippen LogP) is 6.42. The molecular formula is C33H31F6N3O5S. The Bertz CT molecular complexity index is 1780. The molecule has 0 spiro atoms. The Morgan fingerprint density at radius 1 is 0.917 bits per heavy atom. The van der Waals surface area contributed by atoms with Crippen LogP contribution in [0.1, 0.15) is 47.1 Å². The minimum atomic E-state index is -5.34. The van der Waals surface area contributed by atoms with Crippen LogP contribution in [0.15, 0.2) is 71.5 Å². The average molecular weight is 696 g/mol. The first-order valence-corrected chi connectivity index (χ1v) is 15.9. The summed E-state index contributed by atoms with van der Waals surface area (Å²) in [6.07, 6.45) is -9.63. The van der Waals surface area contributed by atoms with Gasteiger partial charge in [0.1, 0.15) is 11.6 Å². The lowest BCUT2D eigenvalue weighted by Gasteiger charge is -2.32. The molecular weight excluding hydrogens is 664 g/mol. The molecule has 2 heterocycles. The Labute approximate surface area is 274 Å². The Kier molecular flexibility index (Phi) is 10.9. The molecule has 1 saturated heterocycles. The number of carbonyl (C=O) groups is 2. The van der Waals surface area contributed by atoms with Crippen LogP contribution in [0.5, 0.6) is 5.75 Å². The molecule has 1 aliphatic rings. The van der Waals surface area contributed by atoms with Gasteiger partial charge in [-0.3, -0.25) is 9.69 Å². The van der Waals surface area contributed by atoms with E-state index in [2.05, 4.69) is 50.3 Å². The highest BCUT2D eigenvalue weighted by Gasteiger charge is 2.43. The number of hydrogen-bond acceptors (Lipinski definition) is 8. The van der Waals surface area contributed by atoms with Gasteiger partial charge in [0.05, 0.1) is 4.70 Å². The third kappa shape index (κ3) is 9.02. The number of nitrogens with one attached hydrogen (secondary N) is 2. The molecule has 48 heavy (non-hydrogen) atoms. The summed E-state index contributed by atoms with van der Waals surface area (Å²) in [7, 11) is 0. The van der Waals surface area contributed by atoms with Crippen LogP contribution in [0.25, 0.3) is 10.2 Å². The van der Waals surface area contributed by atoms with Crippen molar-refractivity contribution in [2.24, 2.45) is 0 Å². The lowest BCUT2D eigenvalue weighted by molar-refractivity contribution is -0.205. The number of hydrogen-bond donors (Lipinski definition) is 2. The van der Waals surface area contributed by atoms with E-state index in [1.165, 1.54) is 5.56 Å². The van der Waals surface area contributed by atoms with Crippen LogP contribution in [-0.4, -0.2) is 60.4 Å². The monoisotopic (exact) mass is 695 g/mol. The van der Waals surface area contributed by atoms with E-state index in [0.717, 1.165) is 55.7 Å². The number of nitrogens with zero attached hydrogens (tertiary/aromatic N) is 1. The van der Waals surface area contributed by atoms with E-state index >= 15 is 0 Å². The fourth-order valence-corrected chi connectivity index (χ4v) is 6.60. The number of aromatic amines is 1. The van der Waals surface area contributed by atoms with Crippen molar-refractivity contribution < 1.29 is 45.4 Å². The van der Waals surface area contributed by atoms with Gasteiger partial charge in [-0.15, -0.1) is 0 Å². The predicted molar refractivity (Wildman–Crippen MR) is 166 cm³/mol. The largest absolute Gasteiger partial charge is 0.491 e. The lowest BCUT2D eigenvalue weighted by Crippen LogP contribution is -2.32. The van der Waals surface area contributed by atoms with Gasteiger partial charge in [0.15, 0.2) is 5.75 Å². The third-order valence-electron chi connectivity index (χ3n) is 8.01. The van der Waals surface area contributed by atoms with E-state index in [9.17, 15) is 40.7 Å². The second-order valence-corrected chi connectivity index (χ2v) is 12.4. The summed E-state index contributed by atoms with van der Waals surface area (Å²) in [6.45, 7) is 2.68. The van der Waals surface area contributed by atoms with E-state index in [1.54, 1.807) is 0 Å². The second-order valence-electron chi connectivity index (χ2n) is 11.4. The van der Waals surface area contributed by atoms with Gasteiger partial charge in [-0.05, 0) is 73.6 Å². The molecule has 15 heteroatoms. The number of esters is 2. The minimum Gasteiger partial charge on any atom is -0.449 e. The summed E-state index contributed by atoms with van der Waals surface area (Å²) < 4.78 is 86.8. The molecule has 0 aliphatic carbocycles. The highest BCUT2D eigenvalue weighted by atomic mass is 32.1. The molecule has 2 N–H and O–H groups in total. The number of aromatic nitrogens is 1. The zero-order valence-corrected chi connectivity index (χ0v) is 26.1. The van der Waals surface area contributed by atoms with Gasteiger partial charge in [0, 0.05) is 18.7 Å². The summed E-state index contributed by atoms with van der Waals surface area (Å²) in [5, 5.41) is 2.98. The summed E-state index contributed by atoms with van der Waals surface area (Å²) in [5.41, 5.74) is 3.01. The van der Waals surface area contributed by atoms with Gasteiger partial charge >= 0.3 is 29.2 Å². The Morgan fingerprint density at radius 3 is 2.29 bits per heavy atom. The summed E-state index contributed by atoms with van der Waals surface area (Å²) in [4.78, 5) is 39.2. The molecule has 0 amide bonds. The maximum absolute atomic E-state index is 13.2. The topological polar surface area (TPSA) is 101 Å². The molecule has 5 rings (SSSR count). The van der Waals surface area contributed by atoms with Crippen molar-refractivity contribution in [2.75, 3.05) is 26.2 Å². The third-order valence-corrected chi connectivity index (χ3v) is 8.94. The van der Waals surface area contributed by atoms with E-state index in [0.29, 0.717) is 23.7 Å². The molecule has 1 aliphatic heterocycles. The molecule has 0 radical (unpaired) electrons. The van der Waals surface area contributed by atoms with E-state index in [4.69, 9.17) is 4.74 Å². The first kappa shape index (κ1) is 35.1. The number of likely N-dealkylation sites (tertiary alicyclic amines) is 1.